The van der Waals surface area contributed by atoms with Crippen LogP contribution in [0.4, 0.5) is 4.39 Å². The summed E-state index contributed by atoms with van der Waals surface area (Å²) in [5.41, 5.74) is 0.433. The molecule has 3 fully saturated rings. The Kier molecular flexibility index (Phi) is 18.1. The second kappa shape index (κ2) is 23.2. The summed E-state index contributed by atoms with van der Waals surface area (Å²) in [6, 6.07) is 10.9. The second-order valence-electron chi connectivity index (χ2n) is 17.8. The van der Waals surface area contributed by atoms with Crippen LogP contribution in [0.25, 0.3) is 10.1 Å². The molecular formula is C46H59FN5O9PS3. The number of rotatable bonds is 19. The van der Waals surface area contributed by atoms with Crippen molar-refractivity contribution in [1.82, 2.24) is 20.1 Å². The van der Waals surface area contributed by atoms with Crippen LogP contribution < -0.4 is 10.9 Å². The van der Waals surface area contributed by atoms with Gasteiger partial charge in [-0.25, -0.2) is 4.39 Å². The van der Waals surface area contributed by atoms with E-state index in [-0.39, 0.29) is 101 Å². The van der Waals surface area contributed by atoms with Crippen molar-refractivity contribution < 1.29 is 42.0 Å². The van der Waals surface area contributed by atoms with Crippen molar-refractivity contribution >= 4 is 80.5 Å². The average molecular weight is 972 g/mol. The zero-order chi connectivity index (χ0) is 46.8. The van der Waals surface area contributed by atoms with Crippen LogP contribution in [0.1, 0.15) is 112 Å². The van der Waals surface area contributed by atoms with E-state index in [9.17, 15) is 38.6 Å². The Morgan fingerprint density at radius 2 is 1.62 bits per heavy atom. The highest BCUT2D eigenvalue weighted by molar-refractivity contribution is 8.13. The first-order valence-corrected chi connectivity index (χ1v) is 26.8. The largest absolute Gasteiger partial charge is 0.369 e. The molecule has 3 saturated heterocycles. The number of nitrogens with one attached hydrogen (secondary N) is 2. The number of alkyl halides is 1. The van der Waals surface area contributed by atoms with Gasteiger partial charge in [0.15, 0.2) is 10.2 Å². The third kappa shape index (κ3) is 13.2. The fourth-order valence-corrected chi connectivity index (χ4v) is 13.2. The molecule has 6 atom stereocenters. The number of amides is 3. The van der Waals surface area contributed by atoms with Crippen molar-refractivity contribution in [1.29, 1.82) is 5.26 Å². The van der Waals surface area contributed by atoms with Crippen molar-refractivity contribution in [2.24, 2.45) is 23.7 Å². The molecule has 2 aromatic heterocycles. The molecule has 0 radical (unpaired) electrons. The number of fused-ring (bicyclic) bond motifs is 2. The summed E-state index contributed by atoms with van der Waals surface area (Å²) in [6.07, 6.45) is 6.42. The number of aromatic amines is 1. The fourth-order valence-electron chi connectivity index (χ4n) is 8.79. The number of H-pyrrole nitrogens is 1. The minimum absolute atomic E-state index is 0.0185. The topological polar surface area (TPSA) is 196 Å². The number of hydrogen-bond donors (Lipinski definition) is 2. The lowest BCUT2D eigenvalue weighted by Crippen LogP contribution is -2.53. The standard InChI is InChI=1S/C46H59FN5O9PS3/c1-28(2)19-41(54)63-17-15-60-62(59,61-16-18-64-42(55)20-29(3)4)43(47)31-9-12-38-33(21-31)22-39(65-38)44(56)50-25-32-7-5-6-8-35-10-11-37(52(35)45(32)57)46(58)51-26-34(24-48)36(27-51)30-13-14-49-40(53)23-30/h9,12-14,21-23,28-29,32,34-37,43H,5-8,10-11,15-20,25-27H2,1-4H3,(H,49,53)(H,50,56)/t32?,34-,35-,36+,37-,43+/m0/s1. The molecule has 1 unspecified atom stereocenters. The van der Waals surface area contributed by atoms with Gasteiger partial charge in [0.1, 0.15) is 6.04 Å². The van der Waals surface area contributed by atoms with E-state index in [1.165, 1.54) is 35.7 Å². The molecular weight excluding hydrogens is 913 g/mol. The Labute approximate surface area is 392 Å². The molecule has 65 heavy (non-hydrogen) atoms. The van der Waals surface area contributed by atoms with Gasteiger partial charge in [-0.15, -0.1) is 11.3 Å². The van der Waals surface area contributed by atoms with Crippen LogP contribution in [0.2, 0.25) is 0 Å². The summed E-state index contributed by atoms with van der Waals surface area (Å²) in [4.78, 5) is 84.9. The summed E-state index contributed by atoms with van der Waals surface area (Å²) < 4.78 is 42.3. The maximum absolute atomic E-state index is 16.4. The van der Waals surface area contributed by atoms with Gasteiger partial charge in [0.25, 0.3) is 5.91 Å². The van der Waals surface area contributed by atoms with Gasteiger partial charge in [0, 0.05) is 72.9 Å². The monoisotopic (exact) mass is 971 g/mol. The SMILES string of the molecule is CC(C)CC(=O)SCCOP(=O)(OCCSC(=O)CC(C)C)[C@@H](F)c1ccc2sc(C(=O)NCC3CCCC[C@H]4CC[C@@H](C(=O)N5C[C@H](c6cc[nH]c(=O)c6)[C@@H](C#N)C5)N4C3=O)cc2c1. The van der Waals surface area contributed by atoms with Crippen LogP contribution in [-0.4, -0.2) is 99.2 Å². The molecule has 3 amide bonds. The molecule has 3 aliphatic heterocycles. The minimum atomic E-state index is -4.46. The van der Waals surface area contributed by atoms with Crippen molar-refractivity contribution in [2.75, 3.05) is 44.4 Å². The predicted molar refractivity (Wildman–Crippen MR) is 252 cm³/mol. The highest BCUT2D eigenvalue weighted by Crippen LogP contribution is 2.62. The van der Waals surface area contributed by atoms with Gasteiger partial charge >= 0.3 is 7.60 Å². The number of nitrogens with zero attached hydrogens (tertiary/aromatic N) is 3. The predicted octanol–water partition coefficient (Wildman–Crippen LogP) is 8.44. The van der Waals surface area contributed by atoms with Crippen LogP contribution >= 0.6 is 42.5 Å². The fraction of sp³-hybridized carbons (Fsp3) is 0.587. The Bertz CT molecular complexity index is 2320. The van der Waals surface area contributed by atoms with Gasteiger partial charge in [-0.05, 0) is 78.3 Å². The lowest BCUT2D eigenvalue weighted by Gasteiger charge is -2.36. The number of halogens is 1. The molecule has 3 aromatic rings. The van der Waals surface area contributed by atoms with E-state index in [4.69, 9.17) is 9.05 Å². The van der Waals surface area contributed by atoms with E-state index >= 15 is 4.39 Å². The van der Waals surface area contributed by atoms with Crippen molar-refractivity contribution in [3.05, 3.63) is 69.0 Å². The molecule has 19 heteroatoms. The van der Waals surface area contributed by atoms with Gasteiger partial charge in [-0.3, -0.25) is 33.3 Å². The highest BCUT2D eigenvalue weighted by atomic mass is 32.2. The molecule has 2 N–H and O–H groups in total. The summed E-state index contributed by atoms with van der Waals surface area (Å²) in [7, 11) is -4.46. The maximum atomic E-state index is 16.4. The smallest absolute Gasteiger partial charge is 0.351 e. The first kappa shape index (κ1) is 50.6. The number of hydrogen-bond acceptors (Lipinski definition) is 13. The number of carbonyl (C=O) groups is 5. The number of aromatic nitrogens is 1. The lowest BCUT2D eigenvalue weighted by molar-refractivity contribution is -0.148. The van der Waals surface area contributed by atoms with Gasteiger partial charge in [0.05, 0.1) is 36.0 Å². The van der Waals surface area contributed by atoms with E-state index in [0.29, 0.717) is 52.6 Å². The maximum Gasteiger partial charge on any atom is 0.369 e. The Hall–Kier alpha value is -3.85. The zero-order valence-corrected chi connectivity index (χ0v) is 40.7. The number of carbonyl (C=O) groups excluding carboxylic acids is 5. The first-order valence-electron chi connectivity index (χ1n) is 22.4. The Morgan fingerprint density at radius 1 is 0.938 bits per heavy atom. The number of likely N-dealkylation sites (tertiary alicyclic amines) is 1. The van der Waals surface area contributed by atoms with Gasteiger partial charge in [-0.1, -0.05) is 70.1 Å². The van der Waals surface area contributed by atoms with Crippen molar-refractivity contribution in [2.45, 2.75) is 103 Å². The molecule has 6 rings (SSSR count). The third-order valence-electron chi connectivity index (χ3n) is 12.0. The van der Waals surface area contributed by atoms with Crippen LogP contribution in [0.3, 0.4) is 0 Å². The molecule has 5 heterocycles. The summed E-state index contributed by atoms with van der Waals surface area (Å²) in [5.74, 6) is -3.72. The molecule has 0 bridgehead atoms. The summed E-state index contributed by atoms with van der Waals surface area (Å²) >= 11 is 3.23. The van der Waals surface area contributed by atoms with Crippen LogP contribution in [0.15, 0.2) is 47.4 Å². The quantitative estimate of drug-likeness (QED) is 0.0861. The third-order valence-corrected chi connectivity index (χ3v) is 16.7. The van der Waals surface area contributed by atoms with E-state index in [1.54, 1.807) is 28.0 Å². The number of thiophene rings is 1. The molecule has 14 nitrogen and oxygen atoms in total. The average Bonchev–Trinajstić information content (AvgIpc) is 4.01. The van der Waals surface area contributed by atoms with Crippen molar-refractivity contribution in [3.63, 3.8) is 0 Å². The minimum Gasteiger partial charge on any atom is -0.351 e. The van der Waals surface area contributed by atoms with E-state index < -0.39 is 37.3 Å². The molecule has 352 valence electrons. The first-order chi connectivity index (χ1) is 31.1. The number of thioether (sulfide) groups is 2. The van der Waals surface area contributed by atoms with Crippen LogP contribution in [-0.2, 0) is 32.8 Å². The number of benzene rings is 1. The van der Waals surface area contributed by atoms with Crippen LogP contribution in [0.5, 0.6) is 0 Å². The molecule has 1 aromatic carbocycles. The molecule has 0 saturated carbocycles. The Balaban J connectivity index is 1.10. The van der Waals surface area contributed by atoms with Crippen molar-refractivity contribution in [3.8, 4) is 6.07 Å². The lowest BCUT2D eigenvalue weighted by atomic mass is 9.91. The summed E-state index contributed by atoms with van der Waals surface area (Å²) in [6.45, 7) is 7.85. The number of nitriles is 1. The van der Waals surface area contributed by atoms with Gasteiger partial charge < -0.3 is 29.1 Å². The molecule has 3 aliphatic rings. The zero-order valence-electron chi connectivity index (χ0n) is 37.3. The molecule has 0 spiro atoms. The normalized spacial score (nSPS) is 21.9. The van der Waals surface area contributed by atoms with Gasteiger partial charge in [0.2, 0.25) is 23.3 Å². The molecule has 0 aliphatic carbocycles. The Morgan fingerprint density at radius 3 is 2.26 bits per heavy atom. The van der Waals surface area contributed by atoms with Crippen LogP contribution in [0, 0.1) is 35.0 Å². The highest BCUT2D eigenvalue weighted by Gasteiger charge is 2.47. The van der Waals surface area contributed by atoms with E-state index in [1.807, 2.05) is 27.7 Å². The van der Waals surface area contributed by atoms with Gasteiger partial charge in [-0.2, -0.15) is 5.26 Å². The van der Waals surface area contributed by atoms with E-state index in [2.05, 4.69) is 16.4 Å². The number of pyridine rings is 1. The van der Waals surface area contributed by atoms with E-state index in [0.717, 1.165) is 42.8 Å². The second-order valence-corrected chi connectivity index (χ2v) is 23.3. The summed E-state index contributed by atoms with van der Waals surface area (Å²) in [5, 5.41) is 13.3.